The first-order valence-corrected chi connectivity index (χ1v) is 8.30. The highest BCUT2D eigenvalue weighted by Crippen LogP contribution is 2.33. The number of likely N-dealkylation sites (tertiary alicyclic amines) is 1. The predicted octanol–water partition coefficient (Wildman–Crippen LogP) is 2.38. The van der Waals surface area contributed by atoms with Gasteiger partial charge in [-0.3, -0.25) is 4.90 Å². The van der Waals surface area contributed by atoms with Gasteiger partial charge in [-0.2, -0.15) is 0 Å². The number of hydrogen-bond acceptors (Lipinski definition) is 4. The highest BCUT2D eigenvalue weighted by atomic mass is 15.3. The summed E-state index contributed by atoms with van der Waals surface area (Å²) in [5, 5.41) is 0. The van der Waals surface area contributed by atoms with Crippen LogP contribution in [0.4, 0.5) is 5.82 Å². The van der Waals surface area contributed by atoms with Crippen molar-refractivity contribution in [2.45, 2.75) is 38.8 Å². The van der Waals surface area contributed by atoms with Crippen molar-refractivity contribution in [2.24, 2.45) is 0 Å². The van der Waals surface area contributed by atoms with E-state index in [0.717, 1.165) is 32.0 Å². The molecule has 1 aromatic heterocycles. The summed E-state index contributed by atoms with van der Waals surface area (Å²) in [5.41, 5.74) is 1.39. The van der Waals surface area contributed by atoms with Gasteiger partial charge in [-0.15, -0.1) is 0 Å². The SMILES string of the molecule is CC(C)N1CCC[C@H]1c1ccc(N2CCN(C)CC2)nc1. The van der Waals surface area contributed by atoms with Gasteiger partial charge < -0.3 is 9.80 Å². The normalized spacial score (nSPS) is 25.0. The molecular formula is C17H28N4. The number of rotatable bonds is 3. The third-order valence-electron chi connectivity index (χ3n) is 4.94. The molecule has 3 heterocycles. The molecule has 1 aromatic rings. The van der Waals surface area contributed by atoms with Crippen LogP contribution in [0.25, 0.3) is 0 Å². The maximum atomic E-state index is 4.75. The van der Waals surface area contributed by atoms with Crippen molar-refractivity contribution in [3.8, 4) is 0 Å². The van der Waals surface area contributed by atoms with Gasteiger partial charge >= 0.3 is 0 Å². The largest absolute Gasteiger partial charge is 0.354 e. The second-order valence-corrected chi connectivity index (χ2v) is 6.73. The molecule has 3 rings (SSSR count). The highest BCUT2D eigenvalue weighted by Gasteiger charge is 2.28. The Hall–Kier alpha value is -1.13. The molecule has 0 saturated carbocycles. The van der Waals surface area contributed by atoms with E-state index in [1.165, 1.54) is 24.9 Å². The van der Waals surface area contributed by atoms with Crippen molar-refractivity contribution < 1.29 is 0 Å². The van der Waals surface area contributed by atoms with Crippen molar-refractivity contribution in [2.75, 3.05) is 44.7 Å². The third kappa shape index (κ3) is 3.22. The first-order valence-electron chi connectivity index (χ1n) is 8.30. The van der Waals surface area contributed by atoms with Crippen LogP contribution in [0.2, 0.25) is 0 Å². The quantitative estimate of drug-likeness (QED) is 0.851. The van der Waals surface area contributed by atoms with E-state index in [4.69, 9.17) is 4.98 Å². The van der Waals surface area contributed by atoms with Crippen molar-refractivity contribution in [1.82, 2.24) is 14.8 Å². The second kappa shape index (κ2) is 6.32. The molecule has 1 atom stereocenters. The lowest BCUT2D eigenvalue weighted by Crippen LogP contribution is -2.44. The molecular weight excluding hydrogens is 260 g/mol. The summed E-state index contributed by atoms with van der Waals surface area (Å²) >= 11 is 0. The molecule has 0 bridgehead atoms. The standard InChI is InChI=1S/C17H28N4/c1-14(2)21-8-4-5-16(21)15-6-7-17(18-13-15)20-11-9-19(3)10-12-20/h6-7,13-14,16H,4-5,8-12H2,1-3H3/t16-/m0/s1. The molecule has 0 unspecified atom stereocenters. The van der Waals surface area contributed by atoms with E-state index in [9.17, 15) is 0 Å². The van der Waals surface area contributed by atoms with Gasteiger partial charge in [0.15, 0.2) is 0 Å². The molecule has 2 aliphatic heterocycles. The fourth-order valence-corrected chi connectivity index (χ4v) is 3.58. The van der Waals surface area contributed by atoms with Crippen LogP contribution in [0.15, 0.2) is 18.3 Å². The summed E-state index contributed by atoms with van der Waals surface area (Å²) in [6.07, 6.45) is 4.69. The molecule has 2 fully saturated rings. The maximum Gasteiger partial charge on any atom is 0.128 e. The van der Waals surface area contributed by atoms with Crippen LogP contribution in [-0.4, -0.2) is 60.6 Å². The summed E-state index contributed by atoms with van der Waals surface area (Å²) in [6, 6.07) is 5.71. The topological polar surface area (TPSA) is 22.6 Å². The molecule has 0 N–H and O–H groups in total. The van der Waals surface area contributed by atoms with E-state index in [1.54, 1.807) is 0 Å². The monoisotopic (exact) mass is 288 g/mol. The number of piperazine rings is 1. The van der Waals surface area contributed by atoms with E-state index >= 15 is 0 Å². The second-order valence-electron chi connectivity index (χ2n) is 6.73. The summed E-state index contributed by atoms with van der Waals surface area (Å²) in [6.45, 7) is 10.3. The van der Waals surface area contributed by atoms with Gasteiger partial charge in [0.2, 0.25) is 0 Å². The fourth-order valence-electron chi connectivity index (χ4n) is 3.58. The van der Waals surface area contributed by atoms with E-state index in [1.807, 2.05) is 0 Å². The Morgan fingerprint density at radius 3 is 2.48 bits per heavy atom. The average Bonchev–Trinajstić information content (AvgIpc) is 2.98. The Morgan fingerprint density at radius 1 is 1.10 bits per heavy atom. The van der Waals surface area contributed by atoms with Crippen molar-refractivity contribution in [3.63, 3.8) is 0 Å². The van der Waals surface area contributed by atoms with Crippen LogP contribution in [0.1, 0.15) is 38.3 Å². The van der Waals surface area contributed by atoms with Gasteiger partial charge in [-0.05, 0) is 51.9 Å². The van der Waals surface area contributed by atoms with Crippen LogP contribution >= 0.6 is 0 Å². The lowest BCUT2D eigenvalue weighted by atomic mass is 10.1. The van der Waals surface area contributed by atoms with Crippen LogP contribution in [0.5, 0.6) is 0 Å². The zero-order valence-electron chi connectivity index (χ0n) is 13.6. The average molecular weight is 288 g/mol. The smallest absolute Gasteiger partial charge is 0.128 e. The van der Waals surface area contributed by atoms with Crippen molar-refractivity contribution >= 4 is 5.82 Å². The molecule has 4 nitrogen and oxygen atoms in total. The molecule has 0 aromatic carbocycles. The first-order chi connectivity index (χ1) is 10.1. The zero-order chi connectivity index (χ0) is 14.8. The van der Waals surface area contributed by atoms with Gasteiger partial charge in [0.25, 0.3) is 0 Å². The third-order valence-corrected chi connectivity index (χ3v) is 4.94. The molecule has 2 aliphatic rings. The van der Waals surface area contributed by atoms with Gasteiger partial charge in [0, 0.05) is 44.5 Å². The van der Waals surface area contributed by atoms with Crippen molar-refractivity contribution in [1.29, 1.82) is 0 Å². The lowest BCUT2D eigenvalue weighted by molar-refractivity contribution is 0.205. The lowest BCUT2D eigenvalue weighted by Gasteiger charge is -2.33. The molecule has 0 amide bonds. The summed E-state index contributed by atoms with van der Waals surface area (Å²) in [4.78, 5) is 12.1. The minimum absolute atomic E-state index is 0.569. The van der Waals surface area contributed by atoms with Gasteiger partial charge in [0.1, 0.15) is 5.82 Å². The van der Waals surface area contributed by atoms with Crippen LogP contribution in [0.3, 0.4) is 0 Å². The minimum Gasteiger partial charge on any atom is -0.354 e. The maximum absolute atomic E-state index is 4.75. The van der Waals surface area contributed by atoms with Crippen molar-refractivity contribution in [3.05, 3.63) is 23.9 Å². The minimum atomic E-state index is 0.569. The number of nitrogens with zero attached hydrogens (tertiary/aromatic N) is 4. The Morgan fingerprint density at radius 2 is 1.86 bits per heavy atom. The number of hydrogen-bond donors (Lipinski definition) is 0. The number of pyridine rings is 1. The molecule has 2 saturated heterocycles. The molecule has 4 heteroatoms. The molecule has 116 valence electrons. The molecule has 21 heavy (non-hydrogen) atoms. The van der Waals surface area contributed by atoms with Gasteiger partial charge in [0.05, 0.1) is 0 Å². The summed E-state index contributed by atoms with van der Waals surface area (Å²) < 4.78 is 0. The Balaban J connectivity index is 1.69. The molecule has 0 radical (unpaired) electrons. The Labute approximate surface area is 128 Å². The first kappa shape index (κ1) is 14.8. The fraction of sp³-hybridized carbons (Fsp3) is 0.706. The van der Waals surface area contributed by atoms with Gasteiger partial charge in [-0.25, -0.2) is 4.98 Å². The highest BCUT2D eigenvalue weighted by molar-refractivity contribution is 5.40. The van der Waals surface area contributed by atoms with E-state index in [0.29, 0.717) is 12.1 Å². The molecule has 0 spiro atoms. The van der Waals surface area contributed by atoms with Crippen LogP contribution in [0, 0.1) is 0 Å². The Bertz CT molecular complexity index is 448. The van der Waals surface area contributed by atoms with Gasteiger partial charge in [-0.1, -0.05) is 6.07 Å². The Kier molecular flexibility index (Phi) is 4.45. The molecule has 0 aliphatic carbocycles. The number of likely N-dealkylation sites (N-methyl/N-ethyl adjacent to an activating group) is 1. The summed E-state index contributed by atoms with van der Waals surface area (Å²) in [7, 11) is 2.19. The number of anilines is 1. The van der Waals surface area contributed by atoms with E-state index in [-0.39, 0.29) is 0 Å². The van der Waals surface area contributed by atoms with E-state index in [2.05, 4.69) is 53.9 Å². The van der Waals surface area contributed by atoms with E-state index < -0.39 is 0 Å². The summed E-state index contributed by atoms with van der Waals surface area (Å²) in [5.74, 6) is 1.14. The van der Waals surface area contributed by atoms with Crippen LogP contribution < -0.4 is 4.90 Å². The van der Waals surface area contributed by atoms with Crippen LogP contribution in [-0.2, 0) is 0 Å². The zero-order valence-corrected chi connectivity index (χ0v) is 13.6. The predicted molar refractivity (Wildman–Crippen MR) is 87.8 cm³/mol. The number of aromatic nitrogens is 1.